The number of aliphatic carboxylic acids is 1. The van der Waals surface area contributed by atoms with Gasteiger partial charge < -0.3 is 16.6 Å². The van der Waals surface area contributed by atoms with Crippen molar-refractivity contribution in [2.24, 2.45) is 17.4 Å². The van der Waals surface area contributed by atoms with E-state index < -0.39 is 49.3 Å². The fourth-order valence-corrected chi connectivity index (χ4v) is 1.21. The molecule has 0 aromatic carbocycles. The van der Waals surface area contributed by atoms with Crippen LogP contribution in [0.25, 0.3) is 0 Å². The molecule has 0 aliphatic heterocycles. The molecule has 0 aromatic rings. The lowest BCUT2D eigenvalue weighted by molar-refractivity contribution is -0.140. The molecule has 0 saturated heterocycles. The minimum Gasteiger partial charge on any atom is -0.480 e. The number of halogens is 5. The van der Waals surface area contributed by atoms with Crippen LogP contribution in [0.15, 0.2) is 0 Å². The van der Waals surface area contributed by atoms with E-state index in [0.717, 1.165) is 0 Å². The monoisotopic (exact) mass is 314 g/mol. The first-order valence-electron chi connectivity index (χ1n) is 4.44. The van der Waals surface area contributed by atoms with Gasteiger partial charge in [-0.15, -0.1) is 24.8 Å². The highest BCUT2D eigenvalue weighted by Crippen LogP contribution is 2.21. The molecule has 0 aliphatic carbocycles. The molecule has 0 rings (SSSR count). The van der Waals surface area contributed by atoms with Crippen LogP contribution in [0.4, 0.5) is 13.2 Å². The zero-order valence-electron chi connectivity index (χ0n) is 9.09. The van der Waals surface area contributed by atoms with Crippen LogP contribution in [0, 0.1) is 5.92 Å². The van der Waals surface area contributed by atoms with Gasteiger partial charge in [0.2, 0.25) is 5.91 Å². The highest BCUT2D eigenvalue weighted by atomic mass is 35.5. The molecule has 0 aromatic heterocycles. The molecule has 5 N–H and O–H groups in total. The summed E-state index contributed by atoms with van der Waals surface area (Å²) in [6.45, 7) is 0. The van der Waals surface area contributed by atoms with Crippen molar-refractivity contribution in [2.45, 2.75) is 31.5 Å². The van der Waals surface area contributed by atoms with Crippen molar-refractivity contribution in [1.82, 2.24) is 0 Å². The second kappa shape index (κ2) is 10.2. The number of nitrogens with two attached hydrogens (primary N) is 2. The molecule has 0 radical (unpaired) electrons. The zero-order chi connectivity index (χ0) is 12.9. The lowest BCUT2D eigenvalue weighted by Crippen LogP contribution is -2.41. The Labute approximate surface area is 114 Å². The summed E-state index contributed by atoms with van der Waals surface area (Å²) in [6, 6.07) is -1.59. The summed E-state index contributed by atoms with van der Waals surface area (Å²) in [5, 5.41) is 8.53. The van der Waals surface area contributed by atoms with Gasteiger partial charge in [-0.05, 0) is 12.3 Å². The number of alkyl halides is 3. The van der Waals surface area contributed by atoms with Crippen LogP contribution in [0.1, 0.15) is 12.8 Å². The maximum absolute atomic E-state index is 12.7. The minimum atomic E-state index is -3.24. The molecule has 0 heterocycles. The first kappa shape index (κ1) is 22.5. The second-order valence-electron chi connectivity index (χ2n) is 3.38. The van der Waals surface area contributed by atoms with Gasteiger partial charge in [-0.3, -0.25) is 9.59 Å². The van der Waals surface area contributed by atoms with Gasteiger partial charge in [0.05, 0.1) is 0 Å². The Morgan fingerprint density at radius 2 is 1.61 bits per heavy atom. The number of carboxylic acids is 1. The van der Waals surface area contributed by atoms with E-state index >= 15 is 0 Å². The Morgan fingerprint density at radius 3 is 1.89 bits per heavy atom. The lowest BCUT2D eigenvalue weighted by Gasteiger charge is -2.20. The van der Waals surface area contributed by atoms with Crippen molar-refractivity contribution < 1.29 is 27.9 Å². The van der Waals surface area contributed by atoms with Gasteiger partial charge in [0.25, 0.3) is 6.43 Å². The number of carbonyl (C=O) groups is 2. The average Bonchev–Trinajstić information content (AvgIpc) is 2.14. The van der Waals surface area contributed by atoms with E-state index in [-0.39, 0.29) is 24.8 Å². The predicted molar refractivity (Wildman–Crippen MR) is 62.9 cm³/mol. The van der Waals surface area contributed by atoms with E-state index in [1.807, 2.05) is 0 Å². The SMILES string of the molecule is Cl.Cl.NC(=O)CC(CC(F)C(F)F)C(N)C(=O)O. The third-order valence-electron chi connectivity index (χ3n) is 2.06. The molecule has 18 heavy (non-hydrogen) atoms. The summed E-state index contributed by atoms with van der Waals surface area (Å²) in [6.07, 6.45) is -7.11. The first-order valence-corrected chi connectivity index (χ1v) is 4.44. The highest BCUT2D eigenvalue weighted by Gasteiger charge is 2.31. The molecule has 3 unspecified atom stereocenters. The maximum Gasteiger partial charge on any atom is 0.320 e. The fourth-order valence-electron chi connectivity index (χ4n) is 1.21. The summed E-state index contributed by atoms with van der Waals surface area (Å²) >= 11 is 0. The van der Waals surface area contributed by atoms with Gasteiger partial charge in [0.1, 0.15) is 6.04 Å². The summed E-state index contributed by atoms with van der Waals surface area (Å²) in [4.78, 5) is 21.0. The van der Waals surface area contributed by atoms with Crippen molar-refractivity contribution in [3.8, 4) is 0 Å². The molecule has 0 aliphatic rings. The highest BCUT2D eigenvalue weighted by molar-refractivity contribution is 5.85. The van der Waals surface area contributed by atoms with Crippen molar-refractivity contribution in [1.29, 1.82) is 0 Å². The van der Waals surface area contributed by atoms with E-state index in [0.29, 0.717) is 0 Å². The molecular weight excluding hydrogens is 300 g/mol. The molecule has 0 saturated carbocycles. The Bertz CT molecular complexity index is 272. The quantitative estimate of drug-likeness (QED) is 0.644. The zero-order valence-corrected chi connectivity index (χ0v) is 10.7. The number of rotatable bonds is 7. The van der Waals surface area contributed by atoms with Crippen LogP contribution in [0.3, 0.4) is 0 Å². The van der Waals surface area contributed by atoms with Crippen LogP contribution in [-0.4, -0.2) is 35.6 Å². The molecule has 110 valence electrons. The lowest BCUT2D eigenvalue weighted by atomic mass is 9.91. The van der Waals surface area contributed by atoms with E-state index in [1.165, 1.54) is 0 Å². The van der Waals surface area contributed by atoms with Crippen LogP contribution in [0.5, 0.6) is 0 Å². The van der Waals surface area contributed by atoms with Crippen LogP contribution in [-0.2, 0) is 9.59 Å². The second-order valence-corrected chi connectivity index (χ2v) is 3.38. The average molecular weight is 315 g/mol. The van der Waals surface area contributed by atoms with Crippen molar-refractivity contribution >= 4 is 36.7 Å². The fraction of sp³-hybridized carbons (Fsp3) is 0.750. The van der Waals surface area contributed by atoms with E-state index in [9.17, 15) is 22.8 Å². The van der Waals surface area contributed by atoms with Gasteiger partial charge in [0, 0.05) is 6.42 Å². The Morgan fingerprint density at radius 1 is 1.17 bits per heavy atom. The molecule has 5 nitrogen and oxygen atoms in total. The maximum atomic E-state index is 12.7. The number of primary amides is 1. The molecular formula is C8H15Cl2F3N2O3. The molecule has 3 atom stereocenters. The number of amides is 1. The van der Waals surface area contributed by atoms with E-state index in [4.69, 9.17) is 16.6 Å². The molecule has 0 spiro atoms. The standard InChI is InChI=1S/C8H13F3N2O3.2ClH/c9-4(7(10)11)1-3(2-5(12)14)6(13)8(15)16;;/h3-4,6-7H,1-2,13H2,(H2,12,14)(H,15,16);2*1H. The number of carboxylic acid groups (broad SMARTS) is 1. The van der Waals surface area contributed by atoms with Gasteiger partial charge in [-0.2, -0.15) is 0 Å². The van der Waals surface area contributed by atoms with Crippen LogP contribution in [0.2, 0.25) is 0 Å². The van der Waals surface area contributed by atoms with Crippen LogP contribution < -0.4 is 11.5 Å². The normalized spacial score (nSPS) is 14.9. The molecule has 1 amide bonds. The Hall–Kier alpha value is -0.730. The summed E-state index contributed by atoms with van der Waals surface area (Å²) in [5.74, 6) is -3.64. The van der Waals surface area contributed by atoms with Gasteiger partial charge >= 0.3 is 5.97 Å². The third kappa shape index (κ3) is 8.37. The summed E-state index contributed by atoms with van der Waals surface area (Å²) in [7, 11) is 0. The van der Waals surface area contributed by atoms with Crippen molar-refractivity contribution in [2.75, 3.05) is 0 Å². The molecule has 10 heteroatoms. The number of carbonyl (C=O) groups excluding carboxylic acids is 1. The van der Waals surface area contributed by atoms with Gasteiger partial charge in [-0.25, -0.2) is 13.2 Å². The first-order chi connectivity index (χ1) is 7.25. The minimum absolute atomic E-state index is 0. The number of hydrogen-bond acceptors (Lipinski definition) is 3. The topological polar surface area (TPSA) is 106 Å². The van der Waals surface area contributed by atoms with Crippen LogP contribution >= 0.6 is 24.8 Å². The number of hydrogen-bond donors (Lipinski definition) is 3. The van der Waals surface area contributed by atoms with E-state index in [1.54, 1.807) is 0 Å². The van der Waals surface area contributed by atoms with Gasteiger partial charge in [-0.1, -0.05) is 0 Å². The predicted octanol–water partition coefficient (Wildman–Crippen LogP) is 0.727. The van der Waals surface area contributed by atoms with Crippen molar-refractivity contribution in [3.05, 3.63) is 0 Å². The summed E-state index contributed by atoms with van der Waals surface area (Å²) in [5.41, 5.74) is 9.92. The van der Waals surface area contributed by atoms with Gasteiger partial charge in [0.15, 0.2) is 6.17 Å². The largest absolute Gasteiger partial charge is 0.480 e. The third-order valence-corrected chi connectivity index (χ3v) is 2.06. The molecule has 0 bridgehead atoms. The Kier molecular flexibility index (Phi) is 12.7. The van der Waals surface area contributed by atoms with E-state index in [2.05, 4.69) is 0 Å². The van der Waals surface area contributed by atoms with Crippen molar-refractivity contribution in [3.63, 3.8) is 0 Å². The Balaban J connectivity index is -0.00000112. The smallest absolute Gasteiger partial charge is 0.320 e. The summed E-state index contributed by atoms with van der Waals surface area (Å²) < 4.78 is 36.5. The molecule has 0 fully saturated rings.